The van der Waals surface area contributed by atoms with Crippen molar-refractivity contribution in [2.45, 2.75) is 68.2 Å². The number of aryl methyl sites for hydroxylation is 5. The summed E-state index contributed by atoms with van der Waals surface area (Å²) >= 11 is 0. The molecule has 0 aromatic heterocycles. The second-order valence-corrected chi connectivity index (χ2v) is 17.5. The zero-order chi connectivity index (χ0) is 47.9. The van der Waals surface area contributed by atoms with Crippen molar-refractivity contribution in [3.05, 3.63) is 269 Å². The third-order valence-electron chi connectivity index (χ3n) is 12.5. The minimum Gasteiger partial charge on any atom is -0.293 e. The molecule has 0 atom stereocenters. The van der Waals surface area contributed by atoms with Crippen LogP contribution in [-0.4, -0.2) is 12.8 Å². The van der Waals surface area contributed by atoms with E-state index in [2.05, 4.69) is 255 Å². The summed E-state index contributed by atoms with van der Waals surface area (Å²) in [5.74, 6) is 0. The molecule has 0 aliphatic carbocycles. The lowest BCUT2D eigenvalue weighted by Crippen LogP contribution is -2.05. The van der Waals surface area contributed by atoms with E-state index in [1.807, 2.05) is 14.0 Å². The van der Waals surface area contributed by atoms with E-state index in [1.165, 1.54) is 100 Å². The predicted molar refractivity (Wildman–Crippen MR) is 295 cm³/mol. The number of rotatable bonds is 11. The third-order valence-corrected chi connectivity index (χ3v) is 12.5. The Morgan fingerprint density at radius 2 is 0.821 bits per heavy atom. The molecule has 0 radical (unpaired) electrons. The highest BCUT2D eigenvalue weighted by molar-refractivity contribution is 6.02. The van der Waals surface area contributed by atoms with Crippen molar-refractivity contribution >= 4 is 11.3 Å². The maximum absolute atomic E-state index is 4.68. The molecule has 8 rings (SSSR count). The van der Waals surface area contributed by atoms with Gasteiger partial charge in [0.2, 0.25) is 0 Å². The third kappa shape index (κ3) is 12.3. The van der Waals surface area contributed by atoms with Gasteiger partial charge in [0.15, 0.2) is 0 Å². The summed E-state index contributed by atoms with van der Waals surface area (Å²) in [5.41, 5.74) is 26.3. The van der Waals surface area contributed by atoms with Gasteiger partial charge in [-0.05, 0) is 186 Å². The summed E-state index contributed by atoms with van der Waals surface area (Å²) in [6.45, 7) is 24.7. The van der Waals surface area contributed by atoms with Crippen molar-refractivity contribution in [2.75, 3.05) is 7.05 Å². The van der Waals surface area contributed by atoms with E-state index in [1.54, 1.807) is 6.08 Å². The van der Waals surface area contributed by atoms with Gasteiger partial charge < -0.3 is 0 Å². The highest BCUT2D eigenvalue weighted by Gasteiger charge is 2.22. The molecule has 0 aliphatic rings. The maximum atomic E-state index is 4.68. The van der Waals surface area contributed by atoms with Crippen LogP contribution in [0.2, 0.25) is 0 Å². The Morgan fingerprint density at radius 3 is 1.27 bits per heavy atom. The first kappa shape index (κ1) is 49.1. The molecule has 0 aliphatic heterocycles. The van der Waals surface area contributed by atoms with Crippen LogP contribution in [0.5, 0.6) is 0 Å². The van der Waals surface area contributed by atoms with Crippen LogP contribution in [0.3, 0.4) is 0 Å². The van der Waals surface area contributed by atoms with E-state index in [9.17, 15) is 0 Å². The first-order valence-electron chi connectivity index (χ1n) is 23.4. The lowest BCUT2D eigenvalue weighted by molar-refractivity contribution is 1.19. The van der Waals surface area contributed by atoms with Gasteiger partial charge in [0.05, 0.1) is 0 Å². The minimum absolute atomic E-state index is 0.776. The van der Waals surface area contributed by atoms with Crippen molar-refractivity contribution in [3.63, 3.8) is 0 Å². The van der Waals surface area contributed by atoms with E-state index in [0.29, 0.717) is 0 Å². The fourth-order valence-electron chi connectivity index (χ4n) is 8.84. The number of aliphatic imine (C=N–C) groups is 1. The standard InChI is InChI=1S/C49H47N.C14H14.C3H6/c1-33(2)28-41(29-38-21-11-8-18-34(38)3)45-26-16-17-27-46(45)48-32-40(37(6)50-7)31-47(43-24-14-10-20-36(43)5)49(48)30-39-22-12-15-25-44(39)42-23-13-9-19-35(42)4;1-11-7-3-5-9-13(11)14-10-6-4-8-12(14)2;1-3-2/h8-28,31-32H,1,29-30H2,2-7H3;3-10H,1-2H3;3H,1H2,2H3/b41-28+,50-37?;;. The molecule has 8 aromatic rings. The number of nitrogens with zero attached hydrogens (tertiary/aromatic N) is 1. The van der Waals surface area contributed by atoms with Gasteiger partial charge >= 0.3 is 0 Å². The summed E-state index contributed by atoms with van der Waals surface area (Å²) in [7, 11) is 1.89. The van der Waals surface area contributed by atoms with Gasteiger partial charge in [-0.15, -0.1) is 6.58 Å². The number of allylic oxidation sites excluding steroid dienone is 4. The second kappa shape index (κ2) is 23.7. The molecule has 8 aromatic carbocycles. The topological polar surface area (TPSA) is 12.4 Å². The molecule has 67 heavy (non-hydrogen) atoms. The fraction of sp³-hybridized carbons (Fsp3) is 0.167. The molecule has 0 saturated carbocycles. The van der Waals surface area contributed by atoms with Gasteiger partial charge in [0.25, 0.3) is 0 Å². The lowest BCUT2D eigenvalue weighted by atomic mass is 9.81. The normalized spacial score (nSPS) is 11.2. The molecule has 0 unspecified atom stereocenters. The van der Waals surface area contributed by atoms with E-state index in [4.69, 9.17) is 0 Å². The monoisotopic (exact) mass is 874 g/mol. The molecule has 336 valence electrons. The zero-order valence-corrected chi connectivity index (χ0v) is 41.3. The van der Waals surface area contributed by atoms with Gasteiger partial charge in [-0.1, -0.05) is 194 Å². The van der Waals surface area contributed by atoms with E-state index in [0.717, 1.165) is 29.7 Å². The quantitative estimate of drug-likeness (QED) is 0.0697. The molecule has 0 bridgehead atoms. The largest absolute Gasteiger partial charge is 0.293 e. The summed E-state index contributed by atoms with van der Waals surface area (Å²) in [5, 5.41) is 0. The average Bonchev–Trinajstić information content (AvgIpc) is 3.33. The number of benzene rings is 8. The van der Waals surface area contributed by atoms with Crippen LogP contribution in [0.1, 0.15) is 76.4 Å². The highest BCUT2D eigenvalue weighted by Crippen LogP contribution is 2.42. The summed E-state index contributed by atoms with van der Waals surface area (Å²) in [6.07, 6.45) is 5.61. The lowest BCUT2D eigenvalue weighted by Gasteiger charge is -2.23. The van der Waals surface area contributed by atoms with Gasteiger partial charge in [-0.2, -0.15) is 0 Å². The summed E-state index contributed by atoms with van der Waals surface area (Å²) in [6, 6.07) is 65.8. The van der Waals surface area contributed by atoms with E-state index < -0.39 is 0 Å². The summed E-state index contributed by atoms with van der Waals surface area (Å²) in [4.78, 5) is 4.68. The number of hydrogen-bond acceptors (Lipinski definition) is 1. The number of hydrogen-bond donors (Lipinski definition) is 0. The maximum Gasteiger partial charge on any atom is 0.0386 e. The highest BCUT2D eigenvalue weighted by atomic mass is 14.7. The zero-order valence-electron chi connectivity index (χ0n) is 41.3. The molecule has 0 amide bonds. The van der Waals surface area contributed by atoms with Crippen molar-refractivity contribution in [1.82, 2.24) is 0 Å². The SMILES string of the molecule is C=C(C)/C=C(\Cc1ccccc1C)c1ccccc1-c1cc(C(C)=NC)cc(-c2ccccc2C)c1Cc1ccccc1-c1ccccc1C.C=CC.Cc1ccccc1-c1ccccc1C. The van der Waals surface area contributed by atoms with Crippen LogP contribution in [0.25, 0.3) is 50.1 Å². The Kier molecular flexibility index (Phi) is 17.4. The summed E-state index contributed by atoms with van der Waals surface area (Å²) < 4.78 is 0. The molecule has 0 heterocycles. The predicted octanol–water partition coefficient (Wildman–Crippen LogP) is 18.0. The van der Waals surface area contributed by atoms with Gasteiger partial charge in [0, 0.05) is 12.8 Å². The van der Waals surface area contributed by atoms with Crippen molar-refractivity contribution in [1.29, 1.82) is 0 Å². The van der Waals surface area contributed by atoms with Gasteiger partial charge in [0.1, 0.15) is 0 Å². The van der Waals surface area contributed by atoms with Gasteiger partial charge in [-0.3, -0.25) is 4.99 Å². The molecule has 0 fully saturated rings. The Hall–Kier alpha value is -7.35. The fourth-order valence-corrected chi connectivity index (χ4v) is 8.84. The van der Waals surface area contributed by atoms with Crippen LogP contribution < -0.4 is 0 Å². The minimum atomic E-state index is 0.776. The average molecular weight is 874 g/mol. The Balaban J connectivity index is 0.000000365. The van der Waals surface area contributed by atoms with Crippen molar-refractivity contribution < 1.29 is 0 Å². The molecule has 0 saturated heterocycles. The molecule has 1 nitrogen and oxygen atoms in total. The van der Waals surface area contributed by atoms with Crippen LogP contribution in [-0.2, 0) is 12.8 Å². The molecular weight excluding hydrogens is 807 g/mol. The van der Waals surface area contributed by atoms with Crippen molar-refractivity contribution in [2.24, 2.45) is 4.99 Å². The van der Waals surface area contributed by atoms with Gasteiger partial charge in [-0.25, -0.2) is 0 Å². The Labute approximate surface area is 402 Å². The van der Waals surface area contributed by atoms with Crippen LogP contribution in [0.15, 0.2) is 218 Å². The van der Waals surface area contributed by atoms with Crippen molar-refractivity contribution in [3.8, 4) is 44.5 Å². The van der Waals surface area contributed by atoms with Crippen LogP contribution in [0, 0.1) is 34.6 Å². The van der Waals surface area contributed by atoms with Crippen LogP contribution >= 0.6 is 0 Å². The first-order valence-corrected chi connectivity index (χ1v) is 23.4. The molecular formula is C66H67N. The molecule has 1 heteroatoms. The second-order valence-electron chi connectivity index (χ2n) is 17.5. The smallest absolute Gasteiger partial charge is 0.0386 e. The molecule has 0 N–H and O–H groups in total. The first-order chi connectivity index (χ1) is 32.4. The van der Waals surface area contributed by atoms with E-state index in [-0.39, 0.29) is 0 Å². The molecule has 0 spiro atoms. The van der Waals surface area contributed by atoms with Crippen LogP contribution in [0.4, 0.5) is 0 Å². The Morgan fingerprint density at radius 1 is 0.463 bits per heavy atom. The Bertz CT molecular complexity index is 3000. The van der Waals surface area contributed by atoms with E-state index >= 15 is 0 Å².